The van der Waals surface area contributed by atoms with Crippen LogP contribution in [0.15, 0.2) is 0 Å². The van der Waals surface area contributed by atoms with Crippen LogP contribution in [0.3, 0.4) is 0 Å². The Balaban J connectivity index is 3.10. The molecule has 0 radical (unpaired) electrons. The van der Waals surface area contributed by atoms with Crippen molar-refractivity contribution in [3.63, 3.8) is 0 Å². The number of rotatable bonds is 9. The van der Waals surface area contributed by atoms with Crippen LogP contribution in [-0.4, -0.2) is 28.4 Å². The first-order valence-electron chi connectivity index (χ1n) is 8.44. The van der Waals surface area contributed by atoms with Gasteiger partial charge in [-0.1, -0.05) is 34.1 Å². The Hall–Kier alpha value is -1.03. The molecule has 21 heavy (non-hydrogen) atoms. The average Bonchev–Trinajstić information content (AvgIpc) is 2.71. The highest BCUT2D eigenvalue weighted by atomic mass is 15.4. The van der Waals surface area contributed by atoms with Crippen molar-refractivity contribution in [2.75, 3.05) is 11.4 Å². The summed E-state index contributed by atoms with van der Waals surface area (Å²) in [5.74, 6) is 1.29. The van der Waals surface area contributed by atoms with Crippen molar-refractivity contribution in [1.29, 1.82) is 0 Å². The summed E-state index contributed by atoms with van der Waals surface area (Å²) in [5.41, 5.74) is 2.49. The van der Waals surface area contributed by atoms with Crippen molar-refractivity contribution in [2.24, 2.45) is 7.05 Å². The van der Waals surface area contributed by atoms with Crippen molar-refractivity contribution >= 4 is 5.82 Å². The molecule has 1 heterocycles. The van der Waals surface area contributed by atoms with Crippen molar-refractivity contribution < 1.29 is 0 Å². The van der Waals surface area contributed by atoms with Gasteiger partial charge in [-0.05, 0) is 26.7 Å². The van der Waals surface area contributed by atoms with E-state index in [-0.39, 0.29) is 0 Å². The molecule has 0 aliphatic rings. The molecule has 0 aromatic carbocycles. The first-order chi connectivity index (χ1) is 9.92. The maximum absolute atomic E-state index is 4.67. The molecule has 1 atom stereocenters. The number of hydrogen-bond donors (Lipinski definition) is 1. The largest absolute Gasteiger partial charge is 0.354 e. The third-order valence-corrected chi connectivity index (χ3v) is 4.15. The number of unbranched alkanes of at least 4 members (excludes halogenated alkanes) is 1. The van der Waals surface area contributed by atoms with Gasteiger partial charge < -0.3 is 10.2 Å². The van der Waals surface area contributed by atoms with Gasteiger partial charge in [0.25, 0.3) is 0 Å². The SMILES string of the molecule is CCCCN(c1c(CNC(C)C)c(C)nn1C)C(C)CC. The lowest BCUT2D eigenvalue weighted by Gasteiger charge is -2.31. The van der Waals surface area contributed by atoms with Crippen molar-refractivity contribution in [1.82, 2.24) is 15.1 Å². The number of aromatic nitrogens is 2. The van der Waals surface area contributed by atoms with Crippen LogP contribution in [0.2, 0.25) is 0 Å². The van der Waals surface area contributed by atoms with E-state index in [1.165, 1.54) is 24.2 Å². The van der Waals surface area contributed by atoms with Gasteiger partial charge in [0.1, 0.15) is 5.82 Å². The topological polar surface area (TPSA) is 33.1 Å². The third-order valence-electron chi connectivity index (χ3n) is 4.15. The quantitative estimate of drug-likeness (QED) is 0.755. The monoisotopic (exact) mass is 294 g/mol. The molecule has 4 heteroatoms. The van der Waals surface area contributed by atoms with Gasteiger partial charge in [0.15, 0.2) is 0 Å². The summed E-state index contributed by atoms with van der Waals surface area (Å²) in [6.45, 7) is 15.3. The molecule has 0 aliphatic heterocycles. The van der Waals surface area contributed by atoms with Crippen LogP contribution in [0.4, 0.5) is 5.82 Å². The van der Waals surface area contributed by atoms with Gasteiger partial charge in [-0.3, -0.25) is 4.68 Å². The lowest BCUT2D eigenvalue weighted by molar-refractivity contribution is 0.560. The maximum atomic E-state index is 4.67. The molecule has 0 amide bonds. The average molecular weight is 294 g/mol. The molecule has 1 aromatic rings. The lowest BCUT2D eigenvalue weighted by atomic mass is 10.1. The summed E-state index contributed by atoms with van der Waals surface area (Å²) < 4.78 is 2.06. The Labute approximate surface area is 130 Å². The second-order valence-electron chi connectivity index (χ2n) is 6.35. The number of aryl methyl sites for hydroxylation is 2. The molecule has 1 rings (SSSR count). The predicted molar refractivity (Wildman–Crippen MR) is 91.9 cm³/mol. The summed E-state index contributed by atoms with van der Waals surface area (Å²) in [5, 5.41) is 8.21. The fourth-order valence-electron chi connectivity index (χ4n) is 2.65. The zero-order valence-corrected chi connectivity index (χ0v) is 15.0. The molecule has 1 N–H and O–H groups in total. The summed E-state index contributed by atoms with van der Waals surface area (Å²) in [6.07, 6.45) is 3.61. The molecule has 0 aliphatic carbocycles. The van der Waals surface area contributed by atoms with E-state index < -0.39 is 0 Å². The highest BCUT2D eigenvalue weighted by Crippen LogP contribution is 2.26. The van der Waals surface area contributed by atoms with Gasteiger partial charge in [-0.2, -0.15) is 5.10 Å². The van der Waals surface area contributed by atoms with Crippen LogP contribution in [0.5, 0.6) is 0 Å². The Morgan fingerprint density at radius 3 is 2.43 bits per heavy atom. The van der Waals surface area contributed by atoms with Gasteiger partial charge in [0.2, 0.25) is 0 Å². The van der Waals surface area contributed by atoms with Crippen molar-refractivity contribution in [3.8, 4) is 0 Å². The molecule has 0 fully saturated rings. The number of anilines is 1. The van der Waals surface area contributed by atoms with Crippen molar-refractivity contribution in [3.05, 3.63) is 11.3 Å². The molecule has 122 valence electrons. The van der Waals surface area contributed by atoms with Gasteiger partial charge in [-0.15, -0.1) is 0 Å². The highest BCUT2D eigenvalue weighted by molar-refractivity contribution is 5.51. The minimum Gasteiger partial charge on any atom is -0.354 e. The zero-order chi connectivity index (χ0) is 16.0. The third kappa shape index (κ3) is 4.73. The molecule has 1 unspecified atom stereocenters. The maximum Gasteiger partial charge on any atom is 0.131 e. The molecule has 0 saturated carbocycles. The summed E-state index contributed by atoms with van der Waals surface area (Å²) in [7, 11) is 2.07. The van der Waals surface area contributed by atoms with Crippen LogP contribution in [0.1, 0.15) is 65.1 Å². The normalized spacial score (nSPS) is 13.0. The van der Waals surface area contributed by atoms with E-state index in [0.29, 0.717) is 12.1 Å². The molecule has 0 spiro atoms. The smallest absolute Gasteiger partial charge is 0.131 e. The Morgan fingerprint density at radius 1 is 1.24 bits per heavy atom. The number of nitrogens with zero attached hydrogens (tertiary/aromatic N) is 3. The minimum absolute atomic E-state index is 0.491. The second kappa shape index (κ2) is 8.42. The van der Waals surface area contributed by atoms with E-state index in [2.05, 4.69) is 68.6 Å². The second-order valence-corrected chi connectivity index (χ2v) is 6.35. The minimum atomic E-state index is 0.491. The summed E-state index contributed by atoms with van der Waals surface area (Å²) in [6, 6.07) is 1.04. The molecule has 0 saturated heterocycles. The van der Waals surface area contributed by atoms with E-state index >= 15 is 0 Å². The van der Waals surface area contributed by atoms with Crippen LogP contribution in [0.25, 0.3) is 0 Å². The van der Waals surface area contributed by atoms with Gasteiger partial charge >= 0.3 is 0 Å². The standard InChI is InChI=1S/C17H34N4/c1-8-10-11-21(14(5)9-2)17-16(12-18-13(3)4)15(6)19-20(17)7/h13-14,18H,8-12H2,1-7H3. The van der Waals surface area contributed by atoms with E-state index in [9.17, 15) is 0 Å². The lowest BCUT2D eigenvalue weighted by Crippen LogP contribution is -2.36. The first-order valence-corrected chi connectivity index (χ1v) is 8.44. The number of hydrogen-bond acceptors (Lipinski definition) is 3. The van der Waals surface area contributed by atoms with Gasteiger partial charge in [-0.25, -0.2) is 0 Å². The van der Waals surface area contributed by atoms with Gasteiger partial charge in [0, 0.05) is 37.8 Å². The molecular weight excluding hydrogens is 260 g/mol. The molecule has 1 aromatic heterocycles. The van der Waals surface area contributed by atoms with Crippen molar-refractivity contribution in [2.45, 2.75) is 79.4 Å². The Kier molecular flexibility index (Phi) is 7.23. The molecule has 0 bridgehead atoms. The fourth-order valence-corrected chi connectivity index (χ4v) is 2.65. The van der Waals surface area contributed by atoms with Crippen LogP contribution >= 0.6 is 0 Å². The van der Waals surface area contributed by atoms with Gasteiger partial charge in [0.05, 0.1) is 5.69 Å². The van der Waals surface area contributed by atoms with E-state index in [4.69, 9.17) is 0 Å². The van der Waals surface area contributed by atoms with E-state index in [0.717, 1.165) is 25.2 Å². The Morgan fingerprint density at radius 2 is 1.90 bits per heavy atom. The predicted octanol–water partition coefficient (Wildman–Crippen LogP) is 3.63. The first kappa shape index (κ1) is 18.0. The zero-order valence-electron chi connectivity index (χ0n) is 15.0. The highest BCUT2D eigenvalue weighted by Gasteiger charge is 2.22. The van der Waals surface area contributed by atoms with E-state index in [1.54, 1.807) is 0 Å². The summed E-state index contributed by atoms with van der Waals surface area (Å²) >= 11 is 0. The van der Waals surface area contributed by atoms with E-state index in [1.807, 2.05) is 0 Å². The van der Waals surface area contributed by atoms with Crippen LogP contribution < -0.4 is 10.2 Å². The van der Waals surface area contributed by atoms with Crippen LogP contribution in [0, 0.1) is 6.92 Å². The van der Waals surface area contributed by atoms with Crippen LogP contribution in [-0.2, 0) is 13.6 Å². The summed E-state index contributed by atoms with van der Waals surface area (Å²) in [4.78, 5) is 2.54. The molecular formula is C17H34N4. The number of nitrogens with one attached hydrogen (secondary N) is 1. The molecule has 4 nitrogen and oxygen atoms in total. The fraction of sp³-hybridized carbons (Fsp3) is 0.824. The Bertz CT molecular complexity index is 423.